The average Bonchev–Trinajstić information content (AvgIpc) is 2.88. The molecule has 2 fully saturated rings. The number of fused-ring (bicyclic) bond motifs is 1. The third kappa shape index (κ3) is 2.63. The van der Waals surface area contributed by atoms with Crippen LogP contribution in [0.1, 0.15) is 38.5 Å². The second-order valence-corrected chi connectivity index (χ2v) is 7.05. The topological polar surface area (TPSA) is 88.5 Å². The summed E-state index contributed by atoms with van der Waals surface area (Å²) in [5.74, 6) is -2.02. The average molecular weight is 310 g/mol. The van der Waals surface area contributed by atoms with E-state index in [1.54, 1.807) is 0 Å². The molecular formula is C12H16F2O5S. The van der Waals surface area contributed by atoms with Crippen molar-refractivity contribution in [2.45, 2.75) is 43.8 Å². The molecule has 2 saturated carbocycles. The fraction of sp³-hybridized carbons (Fsp3) is 0.833. The van der Waals surface area contributed by atoms with Gasteiger partial charge in [0, 0.05) is 18.3 Å². The van der Waals surface area contributed by atoms with Gasteiger partial charge in [-0.15, -0.1) is 0 Å². The lowest BCUT2D eigenvalue weighted by molar-refractivity contribution is -0.134. The maximum Gasteiger partial charge on any atom is 0.426 e. The first kappa shape index (κ1) is 15.5. The predicted octanol–water partition coefficient (Wildman–Crippen LogP) is 1.82. The van der Waals surface area contributed by atoms with Crippen molar-refractivity contribution in [3.05, 3.63) is 0 Å². The third-order valence-electron chi connectivity index (χ3n) is 4.38. The summed E-state index contributed by atoms with van der Waals surface area (Å²) in [5, 5.41) is -4.79. The number of carbonyl (C=O) groups is 2. The summed E-state index contributed by atoms with van der Waals surface area (Å²) in [4.78, 5) is 23.2. The molecule has 8 heteroatoms. The van der Waals surface area contributed by atoms with Crippen molar-refractivity contribution in [3.8, 4) is 0 Å². The highest BCUT2D eigenvalue weighted by molar-refractivity contribution is 7.87. The summed E-state index contributed by atoms with van der Waals surface area (Å²) in [7, 11) is -5.74. The van der Waals surface area contributed by atoms with Crippen LogP contribution in [0.5, 0.6) is 0 Å². The fourth-order valence-electron chi connectivity index (χ4n) is 3.33. The SMILES string of the molecule is O=C1C(CCC(=O)C(F)(F)S(=O)(=O)O)CC2CCCC12. The zero-order chi connectivity index (χ0) is 15.1. The monoisotopic (exact) mass is 310 g/mol. The van der Waals surface area contributed by atoms with E-state index in [-0.39, 0.29) is 24.0 Å². The van der Waals surface area contributed by atoms with Gasteiger partial charge in [-0.2, -0.15) is 17.2 Å². The second-order valence-electron chi connectivity index (χ2n) is 5.59. The molecule has 1 N–H and O–H groups in total. The molecule has 2 rings (SSSR count). The van der Waals surface area contributed by atoms with Gasteiger partial charge in [0.1, 0.15) is 5.78 Å². The van der Waals surface area contributed by atoms with E-state index < -0.39 is 33.5 Å². The quantitative estimate of drug-likeness (QED) is 0.782. The summed E-state index contributed by atoms with van der Waals surface area (Å²) in [6.07, 6.45) is 2.55. The number of carbonyl (C=O) groups excluding carboxylic acids is 2. The maximum atomic E-state index is 13.1. The van der Waals surface area contributed by atoms with Crippen molar-refractivity contribution in [1.29, 1.82) is 0 Å². The Morgan fingerprint density at radius 2 is 2.00 bits per heavy atom. The number of alkyl halides is 2. The predicted molar refractivity (Wildman–Crippen MR) is 64.7 cm³/mol. The molecule has 0 heterocycles. The van der Waals surface area contributed by atoms with Crippen LogP contribution in [-0.4, -0.2) is 29.8 Å². The van der Waals surface area contributed by atoms with Gasteiger partial charge in [0.2, 0.25) is 5.78 Å². The zero-order valence-electron chi connectivity index (χ0n) is 10.7. The van der Waals surface area contributed by atoms with Gasteiger partial charge in [-0.1, -0.05) is 6.42 Å². The number of rotatable bonds is 5. The first-order valence-corrected chi connectivity index (χ1v) is 8.00. The molecule has 2 aliphatic carbocycles. The highest BCUT2D eigenvalue weighted by atomic mass is 32.2. The smallest absolute Gasteiger partial charge is 0.299 e. The Balaban J connectivity index is 1.94. The van der Waals surface area contributed by atoms with Gasteiger partial charge in [-0.3, -0.25) is 14.1 Å². The Kier molecular flexibility index (Phi) is 3.98. The van der Waals surface area contributed by atoms with E-state index >= 15 is 0 Å². The molecule has 0 aliphatic heterocycles. The van der Waals surface area contributed by atoms with Crippen LogP contribution >= 0.6 is 0 Å². The van der Waals surface area contributed by atoms with Gasteiger partial charge < -0.3 is 0 Å². The Hall–Kier alpha value is -0.890. The van der Waals surface area contributed by atoms with E-state index in [1.165, 1.54) is 0 Å². The number of hydrogen-bond acceptors (Lipinski definition) is 4. The van der Waals surface area contributed by atoms with Crippen molar-refractivity contribution in [1.82, 2.24) is 0 Å². The van der Waals surface area contributed by atoms with Gasteiger partial charge in [-0.25, -0.2) is 0 Å². The summed E-state index contributed by atoms with van der Waals surface area (Å²) < 4.78 is 55.3. The first-order chi connectivity index (χ1) is 9.14. The van der Waals surface area contributed by atoms with E-state index in [4.69, 9.17) is 4.55 Å². The fourth-order valence-corrected chi connectivity index (χ4v) is 3.72. The molecule has 3 atom stereocenters. The molecular weight excluding hydrogens is 294 g/mol. The van der Waals surface area contributed by atoms with Gasteiger partial charge in [-0.05, 0) is 31.6 Å². The number of halogens is 2. The molecule has 0 spiro atoms. The molecule has 114 valence electrons. The molecule has 0 aromatic carbocycles. The summed E-state index contributed by atoms with van der Waals surface area (Å²) in [6, 6.07) is 0. The molecule has 0 saturated heterocycles. The highest BCUT2D eigenvalue weighted by Gasteiger charge is 2.52. The Morgan fingerprint density at radius 3 is 2.55 bits per heavy atom. The Bertz CT molecular complexity index is 528. The Labute approximate surface area is 115 Å². The highest BCUT2D eigenvalue weighted by Crippen LogP contribution is 2.45. The lowest BCUT2D eigenvalue weighted by Crippen LogP contribution is -2.37. The van der Waals surface area contributed by atoms with Gasteiger partial charge in [0.15, 0.2) is 0 Å². The maximum absolute atomic E-state index is 13.1. The third-order valence-corrected chi connectivity index (χ3v) is 5.26. The molecule has 0 aromatic heterocycles. The van der Waals surface area contributed by atoms with Crippen molar-refractivity contribution < 1.29 is 31.3 Å². The number of ketones is 2. The normalized spacial score (nSPS) is 30.6. The van der Waals surface area contributed by atoms with Crippen LogP contribution in [0, 0.1) is 17.8 Å². The first-order valence-electron chi connectivity index (χ1n) is 6.56. The minimum atomic E-state index is -5.74. The number of hydrogen-bond donors (Lipinski definition) is 1. The van der Waals surface area contributed by atoms with E-state index in [2.05, 4.69) is 0 Å². The molecule has 3 unspecified atom stereocenters. The van der Waals surface area contributed by atoms with Crippen molar-refractivity contribution in [2.75, 3.05) is 0 Å². The minimum Gasteiger partial charge on any atom is -0.299 e. The molecule has 2 aliphatic rings. The van der Waals surface area contributed by atoms with Crippen LogP contribution in [0.2, 0.25) is 0 Å². The van der Waals surface area contributed by atoms with Crippen molar-refractivity contribution in [3.63, 3.8) is 0 Å². The van der Waals surface area contributed by atoms with Crippen LogP contribution in [0.4, 0.5) is 8.78 Å². The summed E-state index contributed by atoms with van der Waals surface area (Å²) in [5.41, 5.74) is 0. The molecule has 0 radical (unpaired) electrons. The van der Waals surface area contributed by atoms with Crippen LogP contribution in [0.25, 0.3) is 0 Å². The molecule has 0 aromatic rings. The minimum absolute atomic E-state index is 0.00970. The summed E-state index contributed by atoms with van der Waals surface area (Å²) >= 11 is 0. The van der Waals surface area contributed by atoms with Crippen LogP contribution in [-0.2, 0) is 19.7 Å². The summed E-state index contributed by atoms with van der Waals surface area (Å²) in [6.45, 7) is 0. The van der Waals surface area contributed by atoms with Crippen molar-refractivity contribution >= 4 is 21.7 Å². The van der Waals surface area contributed by atoms with Gasteiger partial charge >= 0.3 is 15.4 Å². The van der Waals surface area contributed by atoms with E-state index in [1.807, 2.05) is 0 Å². The van der Waals surface area contributed by atoms with Gasteiger partial charge in [0.05, 0.1) is 0 Å². The van der Waals surface area contributed by atoms with E-state index in [0.717, 1.165) is 19.3 Å². The van der Waals surface area contributed by atoms with Crippen molar-refractivity contribution in [2.24, 2.45) is 17.8 Å². The molecule has 0 bridgehead atoms. The Morgan fingerprint density at radius 1 is 1.35 bits per heavy atom. The lowest BCUT2D eigenvalue weighted by Gasteiger charge is -2.13. The zero-order valence-corrected chi connectivity index (χ0v) is 11.5. The van der Waals surface area contributed by atoms with Gasteiger partial charge in [0.25, 0.3) is 0 Å². The second kappa shape index (κ2) is 5.14. The molecule has 20 heavy (non-hydrogen) atoms. The van der Waals surface area contributed by atoms with E-state index in [0.29, 0.717) is 6.42 Å². The van der Waals surface area contributed by atoms with Crippen LogP contribution < -0.4 is 0 Å². The number of Topliss-reactive ketones (excluding diaryl/α,β-unsaturated/α-hetero) is 2. The van der Waals surface area contributed by atoms with E-state index in [9.17, 15) is 26.8 Å². The lowest BCUT2D eigenvalue weighted by atomic mass is 9.95. The van der Waals surface area contributed by atoms with Crippen LogP contribution in [0.15, 0.2) is 0 Å². The molecule has 5 nitrogen and oxygen atoms in total. The largest absolute Gasteiger partial charge is 0.426 e. The molecule has 0 amide bonds. The van der Waals surface area contributed by atoms with Crippen LogP contribution in [0.3, 0.4) is 0 Å². The standard InChI is InChI=1S/C12H16F2O5S/c13-12(14,20(17,18)19)10(15)5-4-8-6-7-2-1-3-9(7)11(8)16/h7-9H,1-6H2,(H,17,18,19).